The zero-order valence-electron chi connectivity index (χ0n) is 10.3. The Balaban J connectivity index is 1.85. The van der Waals surface area contributed by atoms with E-state index >= 15 is 0 Å². The van der Waals surface area contributed by atoms with Gasteiger partial charge in [-0.05, 0) is 25.0 Å². The Morgan fingerprint density at radius 1 is 1.22 bits per heavy atom. The minimum absolute atomic E-state index is 0.0632. The molecule has 3 rings (SSSR count). The van der Waals surface area contributed by atoms with Crippen LogP contribution in [0.2, 0.25) is 0 Å². The topological polar surface area (TPSA) is 24.9 Å². The molecule has 1 aromatic heterocycles. The summed E-state index contributed by atoms with van der Waals surface area (Å²) in [4.78, 5) is 4.65. The standard InChI is InChI=1S/C14H17ClN2S/c15-10-14(8-4-1-5-9-14)17-13-16-11-6-2-3-7-12(11)18-13/h2-3,6-7H,1,4-5,8-10H2,(H,16,17). The Kier molecular flexibility index (Phi) is 3.44. The van der Waals surface area contributed by atoms with Crippen LogP contribution < -0.4 is 5.32 Å². The summed E-state index contributed by atoms with van der Waals surface area (Å²) in [6.45, 7) is 0. The molecule has 0 amide bonds. The molecule has 1 aliphatic rings. The van der Waals surface area contributed by atoms with Crippen molar-refractivity contribution in [3.63, 3.8) is 0 Å². The summed E-state index contributed by atoms with van der Waals surface area (Å²) in [6, 6.07) is 8.27. The SMILES string of the molecule is ClCC1(Nc2nc3ccccc3s2)CCCCC1. The van der Waals surface area contributed by atoms with E-state index < -0.39 is 0 Å². The first-order valence-electron chi connectivity index (χ1n) is 6.51. The maximum atomic E-state index is 6.20. The monoisotopic (exact) mass is 280 g/mol. The highest BCUT2D eigenvalue weighted by molar-refractivity contribution is 7.22. The third kappa shape index (κ3) is 2.34. The summed E-state index contributed by atoms with van der Waals surface area (Å²) in [7, 11) is 0. The third-order valence-electron chi connectivity index (χ3n) is 3.73. The summed E-state index contributed by atoms with van der Waals surface area (Å²) < 4.78 is 1.24. The van der Waals surface area contributed by atoms with Crippen molar-refractivity contribution >= 4 is 38.3 Å². The molecule has 1 saturated carbocycles. The van der Waals surface area contributed by atoms with Gasteiger partial charge in [-0.1, -0.05) is 42.7 Å². The quantitative estimate of drug-likeness (QED) is 0.828. The highest BCUT2D eigenvalue weighted by Crippen LogP contribution is 2.35. The molecule has 0 bridgehead atoms. The lowest BCUT2D eigenvalue weighted by Gasteiger charge is -2.36. The van der Waals surface area contributed by atoms with E-state index in [2.05, 4.69) is 28.5 Å². The lowest BCUT2D eigenvalue weighted by Crippen LogP contribution is -2.42. The third-order valence-corrected chi connectivity index (χ3v) is 5.20. The molecule has 1 N–H and O–H groups in total. The van der Waals surface area contributed by atoms with Gasteiger partial charge in [-0.15, -0.1) is 11.6 Å². The summed E-state index contributed by atoms with van der Waals surface area (Å²) in [6.07, 6.45) is 6.19. The normalized spacial score (nSPS) is 18.9. The van der Waals surface area contributed by atoms with Crippen molar-refractivity contribution in [2.75, 3.05) is 11.2 Å². The smallest absolute Gasteiger partial charge is 0.184 e. The van der Waals surface area contributed by atoms with Gasteiger partial charge >= 0.3 is 0 Å². The Morgan fingerprint density at radius 2 is 2.00 bits per heavy atom. The number of nitrogens with zero attached hydrogens (tertiary/aromatic N) is 1. The van der Waals surface area contributed by atoms with Gasteiger partial charge in [0.25, 0.3) is 0 Å². The molecule has 0 saturated heterocycles. The number of alkyl halides is 1. The molecule has 1 fully saturated rings. The van der Waals surface area contributed by atoms with E-state index in [1.165, 1.54) is 24.0 Å². The number of fused-ring (bicyclic) bond motifs is 1. The van der Waals surface area contributed by atoms with Crippen LogP contribution in [0.1, 0.15) is 32.1 Å². The molecular weight excluding hydrogens is 264 g/mol. The van der Waals surface area contributed by atoms with Gasteiger partial charge in [-0.3, -0.25) is 0 Å². The second kappa shape index (κ2) is 5.06. The lowest BCUT2D eigenvalue weighted by atomic mass is 9.83. The van der Waals surface area contributed by atoms with Crippen LogP contribution in [-0.2, 0) is 0 Å². The van der Waals surface area contributed by atoms with Crippen LogP contribution in [0, 0.1) is 0 Å². The molecular formula is C14H17ClN2S. The Morgan fingerprint density at radius 3 is 2.72 bits per heavy atom. The van der Waals surface area contributed by atoms with Gasteiger partial charge in [0.2, 0.25) is 0 Å². The second-order valence-corrected chi connectivity index (χ2v) is 6.38. The van der Waals surface area contributed by atoms with Crippen molar-refractivity contribution in [1.82, 2.24) is 4.98 Å². The minimum Gasteiger partial charge on any atom is -0.355 e. The fourth-order valence-electron chi connectivity index (χ4n) is 2.67. The lowest BCUT2D eigenvalue weighted by molar-refractivity contribution is 0.353. The van der Waals surface area contributed by atoms with Crippen LogP contribution >= 0.6 is 22.9 Å². The molecule has 18 heavy (non-hydrogen) atoms. The fourth-order valence-corrected chi connectivity index (χ4v) is 3.99. The molecule has 2 aromatic rings. The van der Waals surface area contributed by atoms with Crippen LogP contribution in [0.15, 0.2) is 24.3 Å². The van der Waals surface area contributed by atoms with E-state index in [0.717, 1.165) is 23.5 Å². The molecule has 1 aliphatic carbocycles. The van der Waals surface area contributed by atoms with Crippen LogP contribution in [0.4, 0.5) is 5.13 Å². The Hall–Kier alpha value is -0.800. The van der Waals surface area contributed by atoms with Gasteiger partial charge in [0.15, 0.2) is 5.13 Å². The molecule has 96 valence electrons. The van der Waals surface area contributed by atoms with Crippen LogP contribution in [0.5, 0.6) is 0 Å². The molecule has 0 radical (unpaired) electrons. The largest absolute Gasteiger partial charge is 0.355 e. The number of nitrogens with one attached hydrogen (secondary N) is 1. The average molecular weight is 281 g/mol. The van der Waals surface area contributed by atoms with Gasteiger partial charge < -0.3 is 5.32 Å². The summed E-state index contributed by atoms with van der Waals surface area (Å²) in [5, 5.41) is 4.62. The summed E-state index contributed by atoms with van der Waals surface area (Å²) in [5.41, 5.74) is 1.14. The molecule has 0 aliphatic heterocycles. The second-order valence-electron chi connectivity index (χ2n) is 5.09. The van der Waals surface area contributed by atoms with Gasteiger partial charge in [-0.2, -0.15) is 0 Å². The zero-order valence-corrected chi connectivity index (χ0v) is 11.9. The molecule has 4 heteroatoms. The van der Waals surface area contributed by atoms with Crippen molar-refractivity contribution in [3.05, 3.63) is 24.3 Å². The van der Waals surface area contributed by atoms with Gasteiger partial charge in [0.05, 0.1) is 15.8 Å². The van der Waals surface area contributed by atoms with E-state index in [1.807, 2.05) is 6.07 Å². The van der Waals surface area contributed by atoms with Crippen LogP contribution in [0.25, 0.3) is 10.2 Å². The molecule has 1 aromatic carbocycles. The minimum atomic E-state index is 0.0632. The molecule has 0 spiro atoms. The molecule has 2 nitrogen and oxygen atoms in total. The van der Waals surface area contributed by atoms with E-state index in [1.54, 1.807) is 11.3 Å². The van der Waals surface area contributed by atoms with Gasteiger partial charge in [-0.25, -0.2) is 4.98 Å². The number of hydrogen-bond donors (Lipinski definition) is 1. The first-order valence-corrected chi connectivity index (χ1v) is 7.86. The Bertz CT molecular complexity index is 498. The number of hydrogen-bond acceptors (Lipinski definition) is 3. The molecule has 1 heterocycles. The Labute approximate surface area is 116 Å². The van der Waals surface area contributed by atoms with E-state index in [4.69, 9.17) is 11.6 Å². The van der Waals surface area contributed by atoms with E-state index in [0.29, 0.717) is 5.88 Å². The van der Waals surface area contributed by atoms with Crippen molar-refractivity contribution in [2.24, 2.45) is 0 Å². The number of benzene rings is 1. The predicted octanol–water partition coefficient (Wildman–Crippen LogP) is 4.65. The number of halogens is 1. The fraction of sp³-hybridized carbons (Fsp3) is 0.500. The highest BCUT2D eigenvalue weighted by Gasteiger charge is 2.31. The van der Waals surface area contributed by atoms with E-state index in [-0.39, 0.29) is 5.54 Å². The van der Waals surface area contributed by atoms with Crippen molar-refractivity contribution in [1.29, 1.82) is 0 Å². The van der Waals surface area contributed by atoms with Crippen LogP contribution in [-0.4, -0.2) is 16.4 Å². The molecule has 0 unspecified atom stereocenters. The predicted molar refractivity (Wildman–Crippen MR) is 79.8 cm³/mol. The zero-order chi connectivity index (χ0) is 12.4. The highest BCUT2D eigenvalue weighted by atomic mass is 35.5. The number of aromatic nitrogens is 1. The van der Waals surface area contributed by atoms with Crippen molar-refractivity contribution in [3.8, 4) is 0 Å². The summed E-state index contributed by atoms with van der Waals surface area (Å²) in [5.74, 6) is 0.670. The van der Waals surface area contributed by atoms with Crippen LogP contribution in [0.3, 0.4) is 0 Å². The molecule has 0 atom stereocenters. The van der Waals surface area contributed by atoms with Gasteiger partial charge in [0.1, 0.15) is 0 Å². The maximum Gasteiger partial charge on any atom is 0.184 e. The number of thiazole rings is 1. The first-order chi connectivity index (χ1) is 8.81. The number of rotatable bonds is 3. The summed E-state index contributed by atoms with van der Waals surface area (Å²) >= 11 is 7.92. The number of anilines is 1. The number of para-hydroxylation sites is 1. The van der Waals surface area contributed by atoms with Crippen molar-refractivity contribution < 1.29 is 0 Å². The first kappa shape index (κ1) is 12.2. The average Bonchev–Trinajstić information content (AvgIpc) is 2.81. The van der Waals surface area contributed by atoms with Crippen molar-refractivity contribution in [2.45, 2.75) is 37.6 Å². The van der Waals surface area contributed by atoms with E-state index in [9.17, 15) is 0 Å². The van der Waals surface area contributed by atoms with Gasteiger partial charge in [0, 0.05) is 5.88 Å². The maximum absolute atomic E-state index is 6.20.